The second-order valence-corrected chi connectivity index (χ2v) is 4.88. The van der Waals surface area contributed by atoms with Crippen LogP contribution in [0.1, 0.15) is 47.2 Å². The van der Waals surface area contributed by atoms with Crippen molar-refractivity contribution in [2.45, 2.75) is 33.1 Å². The lowest BCUT2D eigenvalue weighted by Gasteiger charge is -2.17. The molecule has 2 heterocycles. The van der Waals surface area contributed by atoms with Crippen molar-refractivity contribution in [3.05, 3.63) is 28.8 Å². The van der Waals surface area contributed by atoms with Crippen LogP contribution in [0, 0.1) is 6.92 Å². The van der Waals surface area contributed by atoms with Gasteiger partial charge in [0, 0.05) is 23.1 Å². The molecule has 0 saturated carbocycles. The normalized spacial score (nSPS) is 16.9. The minimum absolute atomic E-state index is 0.307. The van der Waals surface area contributed by atoms with Gasteiger partial charge in [0.2, 0.25) is 5.76 Å². The Hall–Kier alpha value is -2.04. The maximum absolute atomic E-state index is 11.9. The van der Waals surface area contributed by atoms with Crippen LogP contribution in [-0.4, -0.2) is 22.8 Å². The summed E-state index contributed by atoms with van der Waals surface area (Å²) in [5.74, 6) is 1.08. The molecule has 1 atom stereocenters. The van der Waals surface area contributed by atoms with E-state index in [4.69, 9.17) is 9.15 Å². The minimum Gasteiger partial charge on any atom is -0.460 e. The Balaban J connectivity index is 2.14. The Bertz CT molecular complexity index is 639. The summed E-state index contributed by atoms with van der Waals surface area (Å²) < 4.78 is 10.7. The minimum atomic E-state index is -0.400. The average molecular weight is 260 g/mol. The van der Waals surface area contributed by atoms with Gasteiger partial charge in [-0.1, -0.05) is 6.92 Å². The largest absolute Gasteiger partial charge is 0.460 e. The molecular weight excluding hydrogens is 244 g/mol. The standard InChI is InChI=1S/C14H16N2O3/c1-4-18-14(17)13-8(3)11-10(19-13)5-7(2)9-6-15-16-12(9)11/h6-7H,4-5H2,1-3H3,(H,15,16). The third-order valence-corrected chi connectivity index (χ3v) is 3.62. The number of H-pyrrole nitrogens is 1. The second kappa shape index (κ2) is 4.26. The van der Waals surface area contributed by atoms with Crippen LogP contribution in [0.3, 0.4) is 0 Å². The fourth-order valence-corrected chi connectivity index (χ4v) is 2.69. The van der Waals surface area contributed by atoms with E-state index >= 15 is 0 Å². The average Bonchev–Trinajstić information content (AvgIpc) is 2.95. The lowest BCUT2D eigenvalue weighted by molar-refractivity contribution is 0.0486. The van der Waals surface area contributed by atoms with E-state index in [9.17, 15) is 4.79 Å². The van der Waals surface area contributed by atoms with E-state index in [0.29, 0.717) is 18.3 Å². The number of hydrogen-bond acceptors (Lipinski definition) is 4. The predicted octanol–water partition coefficient (Wildman–Crippen LogP) is 2.81. The van der Waals surface area contributed by atoms with Crippen molar-refractivity contribution in [2.75, 3.05) is 6.61 Å². The Morgan fingerprint density at radius 3 is 3.16 bits per heavy atom. The zero-order valence-corrected chi connectivity index (χ0v) is 11.2. The van der Waals surface area contributed by atoms with Crippen molar-refractivity contribution < 1.29 is 13.9 Å². The van der Waals surface area contributed by atoms with Crippen molar-refractivity contribution in [3.8, 4) is 11.3 Å². The summed E-state index contributed by atoms with van der Waals surface area (Å²) in [6.07, 6.45) is 2.63. The molecule has 100 valence electrons. The number of nitrogens with one attached hydrogen (secondary N) is 1. The van der Waals surface area contributed by atoms with Gasteiger partial charge < -0.3 is 9.15 Å². The monoisotopic (exact) mass is 260 g/mol. The lowest BCUT2D eigenvalue weighted by Crippen LogP contribution is -2.06. The summed E-state index contributed by atoms with van der Waals surface area (Å²) in [6, 6.07) is 0. The van der Waals surface area contributed by atoms with Crippen LogP contribution >= 0.6 is 0 Å². The van der Waals surface area contributed by atoms with Gasteiger partial charge in [0.15, 0.2) is 0 Å². The number of furan rings is 1. The van der Waals surface area contributed by atoms with Gasteiger partial charge in [-0.3, -0.25) is 5.10 Å². The molecule has 0 aliphatic heterocycles. The van der Waals surface area contributed by atoms with Gasteiger partial charge in [0.05, 0.1) is 18.5 Å². The molecule has 0 radical (unpaired) electrons. The first-order valence-corrected chi connectivity index (χ1v) is 6.46. The molecule has 1 unspecified atom stereocenters. The summed E-state index contributed by atoms with van der Waals surface area (Å²) in [5.41, 5.74) is 3.93. The molecule has 0 amide bonds. The smallest absolute Gasteiger partial charge is 0.374 e. The van der Waals surface area contributed by atoms with Crippen molar-refractivity contribution in [3.63, 3.8) is 0 Å². The second-order valence-electron chi connectivity index (χ2n) is 4.88. The number of carbonyl (C=O) groups excluding carboxylic acids is 1. The van der Waals surface area contributed by atoms with E-state index in [1.54, 1.807) is 6.92 Å². The Morgan fingerprint density at radius 1 is 1.63 bits per heavy atom. The molecule has 0 spiro atoms. The quantitative estimate of drug-likeness (QED) is 0.843. The molecule has 0 aromatic carbocycles. The van der Waals surface area contributed by atoms with Crippen molar-refractivity contribution in [1.82, 2.24) is 10.2 Å². The summed E-state index contributed by atoms with van der Waals surface area (Å²) in [6.45, 7) is 6.13. The van der Waals surface area contributed by atoms with E-state index in [1.807, 2.05) is 13.1 Å². The fraction of sp³-hybridized carbons (Fsp3) is 0.429. The highest BCUT2D eigenvalue weighted by Crippen LogP contribution is 2.42. The number of fused-ring (bicyclic) bond motifs is 3. The number of carbonyl (C=O) groups is 1. The SMILES string of the molecule is CCOC(=O)c1oc2c(c1C)-c1[nH]ncc1C(C)C2. The fourth-order valence-electron chi connectivity index (χ4n) is 2.69. The summed E-state index contributed by atoms with van der Waals surface area (Å²) in [5, 5.41) is 7.11. The van der Waals surface area contributed by atoms with Gasteiger partial charge in [-0.2, -0.15) is 5.10 Å². The first-order valence-electron chi connectivity index (χ1n) is 6.46. The highest BCUT2D eigenvalue weighted by molar-refractivity contribution is 5.91. The molecule has 0 fully saturated rings. The van der Waals surface area contributed by atoms with Crippen molar-refractivity contribution >= 4 is 5.97 Å². The number of hydrogen-bond donors (Lipinski definition) is 1. The van der Waals surface area contributed by atoms with E-state index in [1.165, 1.54) is 5.56 Å². The molecule has 2 aromatic rings. The number of aromatic amines is 1. The molecule has 1 aliphatic rings. The predicted molar refractivity (Wildman–Crippen MR) is 69.1 cm³/mol. The van der Waals surface area contributed by atoms with Crippen molar-refractivity contribution in [2.24, 2.45) is 0 Å². The van der Waals surface area contributed by atoms with Gasteiger partial charge >= 0.3 is 5.97 Å². The highest BCUT2D eigenvalue weighted by atomic mass is 16.5. The van der Waals surface area contributed by atoms with Crippen LogP contribution in [0.5, 0.6) is 0 Å². The molecule has 0 saturated heterocycles. The van der Waals surface area contributed by atoms with Gasteiger partial charge in [0.25, 0.3) is 0 Å². The zero-order valence-electron chi connectivity index (χ0n) is 11.2. The lowest BCUT2D eigenvalue weighted by atomic mass is 9.86. The number of aromatic nitrogens is 2. The molecule has 5 heteroatoms. The molecule has 19 heavy (non-hydrogen) atoms. The number of nitrogens with zero attached hydrogens (tertiary/aromatic N) is 1. The zero-order chi connectivity index (χ0) is 13.6. The van der Waals surface area contributed by atoms with Gasteiger partial charge in [0.1, 0.15) is 5.76 Å². The van der Waals surface area contributed by atoms with E-state index in [-0.39, 0.29) is 0 Å². The maximum Gasteiger partial charge on any atom is 0.374 e. The molecule has 0 bridgehead atoms. The highest BCUT2D eigenvalue weighted by Gasteiger charge is 2.32. The first kappa shape index (κ1) is 12.0. The number of esters is 1. The van der Waals surface area contributed by atoms with Crippen LogP contribution in [-0.2, 0) is 11.2 Å². The molecular formula is C14H16N2O3. The Kier molecular flexibility index (Phi) is 2.69. The molecule has 5 nitrogen and oxygen atoms in total. The van der Waals surface area contributed by atoms with Crippen LogP contribution in [0.25, 0.3) is 11.3 Å². The summed E-state index contributed by atoms with van der Waals surface area (Å²) in [4.78, 5) is 11.9. The summed E-state index contributed by atoms with van der Waals surface area (Å²) in [7, 11) is 0. The van der Waals surface area contributed by atoms with Gasteiger partial charge in [-0.05, 0) is 19.8 Å². The maximum atomic E-state index is 11.9. The Morgan fingerprint density at radius 2 is 2.42 bits per heavy atom. The van der Waals surface area contributed by atoms with Crippen LogP contribution in [0.2, 0.25) is 0 Å². The van der Waals surface area contributed by atoms with Crippen molar-refractivity contribution in [1.29, 1.82) is 0 Å². The Labute approximate surface area is 111 Å². The van der Waals surface area contributed by atoms with Crippen LogP contribution in [0.4, 0.5) is 0 Å². The van der Waals surface area contributed by atoms with E-state index < -0.39 is 5.97 Å². The van der Waals surface area contributed by atoms with E-state index in [0.717, 1.165) is 29.0 Å². The molecule has 1 N–H and O–H groups in total. The van der Waals surface area contributed by atoms with E-state index in [2.05, 4.69) is 17.1 Å². The third-order valence-electron chi connectivity index (χ3n) is 3.62. The number of rotatable bonds is 2. The molecule has 3 rings (SSSR count). The molecule has 1 aliphatic carbocycles. The first-order chi connectivity index (χ1) is 9.13. The van der Waals surface area contributed by atoms with Gasteiger partial charge in [-0.15, -0.1) is 0 Å². The molecule has 2 aromatic heterocycles. The summed E-state index contributed by atoms with van der Waals surface area (Å²) >= 11 is 0. The van der Waals surface area contributed by atoms with Crippen LogP contribution < -0.4 is 0 Å². The number of ether oxygens (including phenoxy) is 1. The van der Waals surface area contributed by atoms with Gasteiger partial charge in [-0.25, -0.2) is 4.79 Å². The van der Waals surface area contributed by atoms with Crippen LogP contribution in [0.15, 0.2) is 10.6 Å². The topological polar surface area (TPSA) is 68.1 Å². The third kappa shape index (κ3) is 1.69.